The fourth-order valence-corrected chi connectivity index (χ4v) is 2.35. The van der Waals surface area contributed by atoms with Crippen molar-refractivity contribution in [2.75, 3.05) is 0 Å². The van der Waals surface area contributed by atoms with Gasteiger partial charge in [0.2, 0.25) is 0 Å². The van der Waals surface area contributed by atoms with Crippen LogP contribution in [0.4, 0.5) is 0 Å². The van der Waals surface area contributed by atoms with Crippen molar-refractivity contribution >= 4 is 17.1 Å². The number of nitrogens with zero attached hydrogens (tertiary/aromatic N) is 3. The summed E-state index contributed by atoms with van der Waals surface area (Å²) in [4.78, 5) is 17.4. The summed E-state index contributed by atoms with van der Waals surface area (Å²) in [5.74, 6) is 0.0712. The van der Waals surface area contributed by atoms with E-state index in [9.17, 15) is 4.79 Å². The molecule has 16 heavy (non-hydrogen) atoms. The molecule has 0 bridgehead atoms. The minimum absolute atomic E-state index is 0.0712. The number of thiazole rings is 1. The molecule has 4 nitrogen and oxygen atoms in total. The lowest BCUT2D eigenvalue weighted by molar-refractivity contribution is 0.0993. The van der Waals surface area contributed by atoms with Gasteiger partial charge in [-0.15, -0.1) is 11.3 Å². The molecule has 0 aliphatic rings. The molecular formula is C11H13N3OS. The van der Waals surface area contributed by atoms with Crippen LogP contribution in [0.1, 0.15) is 25.9 Å². The maximum absolute atomic E-state index is 11.9. The van der Waals surface area contributed by atoms with Gasteiger partial charge >= 0.3 is 0 Å². The molecular weight excluding hydrogens is 222 g/mol. The van der Waals surface area contributed by atoms with E-state index >= 15 is 0 Å². The maximum Gasteiger partial charge on any atom is 0.172 e. The Hall–Kier alpha value is -1.49. The molecule has 0 aliphatic carbocycles. The average Bonchev–Trinajstić information content (AvgIpc) is 2.75. The summed E-state index contributed by atoms with van der Waals surface area (Å²) in [5.41, 5.74) is 1.66. The quantitative estimate of drug-likeness (QED) is 0.764. The van der Waals surface area contributed by atoms with Crippen LogP contribution in [0.3, 0.4) is 0 Å². The Labute approximate surface area is 97.9 Å². The third-order valence-electron chi connectivity index (χ3n) is 2.41. The Morgan fingerprint density at radius 1 is 1.50 bits per heavy atom. The first-order valence-electron chi connectivity index (χ1n) is 5.01. The molecule has 5 heteroatoms. The zero-order chi connectivity index (χ0) is 11.7. The van der Waals surface area contributed by atoms with Crippen molar-refractivity contribution in [3.8, 4) is 0 Å². The third-order valence-corrected chi connectivity index (χ3v) is 3.48. The highest BCUT2D eigenvalue weighted by Gasteiger charge is 2.12. The van der Waals surface area contributed by atoms with Crippen LogP contribution in [0.2, 0.25) is 0 Å². The van der Waals surface area contributed by atoms with Gasteiger partial charge in [0.15, 0.2) is 5.78 Å². The van der Waals surface area contributed by atoms with Crippen LogP contribution < -0.4 is 0 Å². The smallest absolute Gasteiger partial charge is 0.172 e. The molecule has 0 saturated heterocycles. The van der Waals surface area contributed by atoms with E-state index in [0.717, 1.165) is 10.7 Å². The predicted octanol–water partition coefficient (Wildman–Crippen LogP) is 1.92. The third kappa shape index (κ3) is 2.19. The molecule has 0 amide bonds. The molecule has 0 atom stereocenters. The molecule has 0 spiro atoms. The van der Waals surface area contributed by atoms with Gasteiger partial charge in [0.1, 0.15) is 5.01 Å². The van der Waals surface area contributed by atoms with Gasteiger partial charge in [-0.2, -0.15) is 5.10 Å². The van der Waals surface area contributed by atoms with E-state index in [0.29, 0.717) is 12.0 Å². The summed E-state index contributed by atoms with van der Waals surface area (Å²) in [6.07, 6.45) is 3.69. The summed E-state index contributed by atoms with van der Waals surface area (Å²) in [5, 5.41) is 4.86. The number of hydrogen-bond donors (Lipinski definition) is 0. The first-order valence-corrected chi connectivity index (χ1v) is 5.82. The van der Waals surface area contributed by atoms with E-state index in [1.807, 2.05) is 13.8 Å². The van der Waals surface area contributed by atoms with Gasteiger partial charge in [0.25, 0.3) is 0 Å². The highest BCUT2D eigenvalue weighted by atomic mass is 32.1. The van der Waals surface area contributed by atoms with E-state index in [4.69, 9.17) is 0 Å². The van der Waals surface area contributed by atoms with Crippen molar-refractivity contribution in [2.45, 2.75) is 20.3 Å². The van der Waals surface area contributed by atoms with Crippen LogP contribution in [-0.2, 0) is 13.5 Å². The molecule has 84 valence electrons. The largest absolute Gasteiger partial charge is 0.294 e. The fourth-order valence-electron chi connectivity index (χ4n) is 1.42. The molecule has 0 aromatic carbocycles. The molecule has 2 heterocycles. The highest BCUT2D eigenvalue weighted by Crippen LogP contribution is 2.18. The standard InChI is InChI=1S/C11H13N3OS/c1-7-8(2)16-11(13-7)4-10(15)9-5-12-14(3)6-9/h5-6H,4H2,1-3H3. The molecule has 0 radical (unpaired) electrons. The topological polar surface area (TPSA) is 47.8 Å². The minimum Gasteiger partial charge on any atom is -0.294 e. The lowest BCUT2D eigenvalue weighted by atomic mass is 10.2. The Bertz CT molecular complexity index is 508. The van der Waals surface area contributed by atoms with Gasteiger partial charge < -0.3 is 0 Å². The van der Waals surface area contributed by atoms with Crippen LogP contribution in [0.5, 0.6) is 0 Å². The van der Waals surface area contributed by atoms with E-state index in [1.165, 1.54) is 4.88 Å². The number of aryl methyl sites for hydroxylation is 3. The number of hydrogen-bond acceptors (Lipinski definition) is 4. The van der Waals surface area contributed by atoms with E-state index in [2.05, 4.69) is 10.1 Å². The molecule has 2 aromatic rings. The van der Waals surface area contributed by atoms with Crippen molar-refractivity contribution in [1.82, 2.24) is 14.8 Å². The maximum atomic E-state index is 11.9. The molecule has 0 aliphatic heterocycles. The summed E-state index contributed by atoms with van der Waals surface area (Å²) in [6, 6.07) is 0. The summed E-state index contributed by atoms with van der Waals surface area (Å²) >= 11 is 1.58. The number of carbonyl (C=O) groups excluding carboxylic acids is 1. The Balaban J connectivity index is 2.13. The number of aromatic nitrogens is 3. The van der Waals surface area contributed by atoms with Crippen molar-refractivity contribution in [3.05, 3.63) is 33.5 Å². The van der Waals surface area contributed by atoms with Crippen molar-refractivity contribution in [2.24, 2.45) is 7.05 Å². The van der Waals surface area contributed by atoms with Gasteiger partial charge in [-0.1, -0.05) is 0 Å². The molecule has 0 saturated carbocycles. The predicted molar refractivity (Wildman–Crippen MR) is 62.8 cm³/mol. The average molecular weight is 235 g/mol. The van der Waals surface area contributed by atoms with E-state index in [-0.39, 0.29) is 5.78 Å². The first-order chi connectivity index (χ1) is 7.56. The molecule has 2 rings (SSSR count). The van der Waals surface area contributed by atoms with Gasteiger partial charge in [0, 0.05) is 18.1 Å². The van der Waals surface area contributed by atoms with Crippen LogP contribution in [0, 0.1) is 13.8 Å². The SMILES string of the molecule is Cc1nc(CC(=O)c2cnn(C)c2)sc1C. The number of Topliss-reactive ketones (excluding diaryl/α,β-unsaturated/α-hetero) is 1. The van der Waals surface area contributed by atoms with E-state index in [1.54, 1.807) is 35.5 Å². The van der Waals surface area contributed by atoms with Crippen LogP contribution >= 0.6 is 11.3 Å². The zero-order valence-electron chi connectivity index (χ0n) is 9.52. The van der Waals surface area contributed by atoms with Crippen molar-refractivity contribution in [3.63, 3.8) is 0 Å². The number of carbonyl (C=O) groups is 1. The van der Waals surface area contributed by atoms with Gasteiger partial charge in [-0.25, -0.2) is 4.98 Å². The lowest BCUT2D eigenvalue weighted by Gasteiger charge is -1.92. The van der Waals surface area contributed by atoms with Crippen molar-refractivity contribution in [1.29, 1.82) is 0 Å². The molecule has 0 N–H and O–H groups in total. The van der Waals surface area contributed by atoms with Gasteiger partial charge in [-0.05, 0) is 13.8 Å². The Kier molecular flexibility index (Phi) is 2.87. The van der Waals surface area contributed by atoms with Crippen LogP contribution in [0.15, 0.2) is 12.4 Å². The first kappa shape index (κ1) is 11.0. The minimum atomic E-state index is 0.0712. The summed E-state index contributed by atoms with van der Waals surface area (Å²) < 4.78 is 1.63. The monoisotopic (exact) mass is 235 g/mol. The van der Waals surface area contributed by atoms with Gasteiger partial charge in [0.05, 0.1) is 23.9 Å². The summed E-state index contributed by atoms with van der Waals surface area (Å²) in [6.45, 7) is 3.98. The summed E-state index contributed by atoms with van der Waals surface area (Å²) in [7, 11) is 1.80. The Morgan fingerprint density at radius 3 is 2.75 bits per heavy atom. The van der Waals surface area contributed by atoms with Crippen molar-refractivity contribution < 1.29 is 4.79 Å². The fraction of sp³-hybridized carbons (Fsp3) is 0.364. The second-order valence-electron chi connectivity index (χ2n) is 3.75. The zero-order valence-corrected chi connectivity index (χ0v) is 10.3. The normalized spacial score (nSPS) is 10.7. The lowest BCUT2D eigenvalue weighted by Crippen LogP contribution is -2.02. The second kappa shape index (κ2) is 4.17. The second-order valence-corrected chi connectivity index (χ2v) is 5.04. The Morgan fingerprint density at radius 2 is 2.25 bits per heavy atom. The van der Waals surface area contributed by atoms with E-state index < -0.39 is 0 Å². The molecule has 2 aromatic heterocycles. The molecule has 0 unspecified atom stereocenters. The van der Waals surface area contributed by atoms with Crippen LogP contribution in [0.25, 0.3) is 0 Å². The number of ketones is 1. The highest BCUT2D eigenvalue weighted by molar-refractivity contribution is 7.11. The number of rotatable bonds is 3. The van der Waals surface area contributed by atoms with Crippen LogP contribution in [-0.4, -0.2) is 20.5 Å². The van der Waals surface area contributed by atoms with Gasteiger partial charge in [-0.3, -0.25) is 9.48 Å². The molecule has 0 fully saturated rings.